The zero-order valence-electron chi connectivity index (χ0n) is 10.0. The Kier molecular flexibility index (Phi) is 4.49. The molecule has 1 atom stereocenters. The van der Waals surface area contributed by atoms with Crippen molar-refractivity contribution < 1.29 is 0 Å². The zero-order chi connectivity index (χ0) is 12.1. The quantitative estimate of drug-likeness (QED) is 0.754. The Morgan fingerprint density at radius 3 is 2.81 bits per heavy atom. The minimum atomic E-state index is -0.346. The second-order valence-corrected chi connectivity index (χ2v) is 4.03. The first-order chi connectivity index (χ1) is 7.54. The highest BCUT2D eigenvalue weighted by atomic mass is 16.2. The third-order valence-corrected chi connectivity index (χ3v) is 2.65. The molecule has 1 heterocycles. The fourth-order valence-corrected chi connectivity index (χ4v) is 1.36. The van der Waals surface area contributed by atoms with Crippen molar-refractivity contribution >= 4 is 0 Å². The Hall–Kier alpha value is -1.36. The van der Waals surface area contributed by atoms with Gasteiger partial charge in [0, 0.05) is 30.9 Å². The number of H-pyrrole nitrogens is 1. The first-order valence-corrected chi connectivity index (χ1v) is 5.58. The fourth-order valence-electron chi connectivity index (χ4n) is 1.36. The molecule has 16 heavy (non-hydrogen) atoms. The first kappa shape index (κ1) is 12.7. The summed E-state index contributed by atoms with van der Waals surface area (Å²) in [4.78, 5) is 24.8. The Bertz CT molecular complexity index is 447. The Morgan fingerprint density at radius 2 is 2.19 bits per heavy atom. The van der Waals surface area contributed by atoms with Crippen LogP contribution in [0.5, 0.6) is 0 Å². The maximum atomic E-state index is 11.4. The molecule has 0 spiro atoms. The van der Waals surface area contributed by atoms with Gasteiger partial charge in [0.2, 0.25) is 0 Å². The first-order valence-electron chi connectivity index (χ1n) is 5.58. The van der Waals surface area contributed by atoms with Crippen LogP contribution in [0.25, 0.3) is 0 Å². The molecule has 0 saturated carbocycles. The Morgan fingerprint density at radius 1 is 1.50 bits per heavy atom. The molecule has 0 aliphatic carbocycles. The van der Waals surface area contributed by atoms with E-state index in [0.717, 1.165) is 13.0 Å². The molecule has 1 unspecified atom stereocenters. The number of aromatic amines is 1. The molecule has 1 rings (SSSR count). The van der Waals surface area contributed by atoms with Crippen LogP contribution in [0.4, 0.5) is 0 Å². The van der Waals surface area contributed by atoms with Crippen LogP contribution in [-0.2, 0) is 6.54 Å². The predicted molar refractivity (Wildman–Crippen MR) is 63.8 cm³/mol. The third kappa shape index (κ3) is 3.34. The van der Waals surface area contributed by atoms with E-state index in [1.54, 1.807) is 13.1 Å². The van der Waals surface area contributed by atoms with Gasteiger partial charge in [0.25, 0.3) is 5.56 Å². The Balaban J connectivity index is 2.65. The van der Waals surface area contributed by atoms with Gasteiger partial charge in [-0.05, 0) is 20.3 Å². The lowest BCUT2D eigenvalue weighted by Gasteiger charge is -2.12. The van der Waals surface area contributed by atoms with E-state index in [1.165, 1.54) is 4.57 Å². The average Bonchev–Trinajstić information content (AvgIpc) is 2.25. The minimum absolute atomic E-state index is 0.309. The predicted octanol–water partition coefficient (Wildman–Crippen LogP) is 0.233. The summed E-state index contributed by atoms with van der Waals surface area (Å²) in [5.74, 6) is 0. The molecule has 1 aromatic heterocycles. The Labute approximate surface area is 94.5 Å². The summed E-state index contributed by atoms with van der Waals surface area (Å²) in [6.45, 7) is 7.19. The monoisotopic (exact) mass is 225 g/mol. The van der Waals surface area contributed by atoms with Crippen molar-refractivity contribution in [2.75, 3.05) is 6.54 Å². The number of hydrogen-bond acceptors (Lipinski definition) is 3. The molecule has 0 bridgehead atoms. The van der Waals surface area contributed by atoms with Crippen LogP contribution in [0, 0.1) is 6.92 Å². The molecule has 0 saturated heterocycles. The van der Waals surface area contributed by atoms with Gasteiger partial charge in [-0.3, -0.25) is 14.3 Å². The summed E-state index contributed by atoms with van der Waals surface area (Å²) in [7, 11) is 0. The van der Waals surface area contributed by atoms with Crippen LogP contribution in [-0.4, -0.2) is 22.1 Å². The number of aryl methyl sites for hydroxylation is 1. The fraction of sp³-hybridized carbons (Fsp3) is 0.636. The number of rotatable bonds is 5. The maximum Gasteiger partial charge on any atom is 0.328 e. The number of aromatic nitrogens is 2. The third-order valence-electron chi connectivity index (χ3n) is 2.65. The van der Waals surface area contributed by atoms with Gasteiger partial charge in [-0.1, -0.05) is 6.92 Å². The van der Waals surface area contributed by atoms with Gasteiger partial charge in [-0.2, -0.15) is 0 Å². The van der Waals surface area contributed by atoms with Crippen LogP contribution in [0.3, 0.4) is 0 Å². The van der Waals surface area contributed by atoms with Crippen molar-refractivity contribution in [3.05, 3.63) is 32.6 Å². The molecule has 0 radical (unpaired) electrons. The van der Waals surface area contributed by atoms with Crippen molar-refractivity contribution in [2.24, 2.45) is 0 Å². The lowest BCUT2D eigenvalue weighted by Crippen LogP contribution is -2.35. The molecular formula is C11H19N3O2. The topological polar surface area (TPSA) is 66.9 Å². The summed E-state index contributed by atoms with van der Waals surface area (Å²) in [5, 5.41) is 3.29. The minimum Gasteiger partial charge on any atom is -0.312 e. The number of hydrogen-bond donors (Lipinski definition) is 2. The highest BCUT2D eigenvalue weighted by Gasteiger charge is 2.01. The van der Waals surface area contributed by atoms with Gasteiger partial charge in [-0.15, -0.1) is 0 Å². The summed E-state index contributed by atoms with van der Waals surface area (Å²) >= 11 is 0. The van der Waals surface area contributed by atoms with Crippen molar-refractivity contribution in [3.8, 4) is 0 Å². The van der Waals surface area contributed by atoms with Crippen molar-refractivity contribution in [3.63, 3.8) is 0 Å². The average molecular weight is 225 g/mol. The maximum absolute atomic E-state index is 11.4. The molecule has 1 aromatic rings. The molecule has 0 amide bonds. The van der Waals surface area contributed by atoms with Crippen molar-refractivity contribution in [2.45, 2.75) is 39.8 Å². The van der Waals surface area contributed by atoms with Crippen LogP contribution in [0.2, 0.25) is 0 Å². The number of nitrogens with zero attached hydrogens (tertiary/aromatic N) is 1. The number of nitrogens with one attached hydrogen (secondary N) is 2. The van der Waals surface area contributed by atoms with E-state index >= 15 is 0 Å². The zero-order valence-corrected chi connectivity index (χ0v) is 10.0. The molecule has 2 N–H and O–H groups in total. The largest absolute Gasteiger partial charge is 0.328 e. The van der Waals surface area contributed by atoms with Crippen LogP contribution in [0.15, 0.2) is 15.8 Å². The second kappa shape index (κ2) is 5.65. The van der Waals surface area contributed by atoms with E-state index in [9.17, 15) is 9.59 Å². The van der Waals surface area contributed by atoms with E-state index in [2.05, 4.69) is 24.1 Å². The van der Waals surface area contributed by atoms with E-state index in [4.69, 9.17) is 0 Å². The molecule has 5 heteroatoms. The highest BCUT2D eigenvalue weighted by molar-refractivity contribution is 5.00. The van der Waals surface area contributed by atoms with E-state index in [1.807, 2.05) is 0 Å². The van der Waals surface area contributed by atoms with Gasteiger partial charge >= 0.3 is 5.69 Å². The van der Waals surface area contributed by atoms with Gasteiger partial charge in [0.15, 0.2) is 0 Å². The van der Waals surface area contributed by atoms with Crippen LogP contribution >= 0.6 is 0 Å². The molecule has 0 aliphatic rings. The lowest BCUT2D eigenvalue weighted by molar-refractivity contribution is 0.495. The molecule has 0 aliphatic heterocycles. The van der Waals surface area contributed by atoms with E-state index in [-0.39, 0.29) is 11.2 Å². The van der Waals surface area contributed by atoms with Crippen LogP contribution in [0.1, 0.15) is 25.8 Å². The lowest BCUT2D eigenvalue weighted by atomic mass is 10.2. The van der Waals surface area contributed by atoms with Crippen molar-refractivity contribution in [1.82, 2.24) is 14.9 Å². The summed E-state index contributed by atoms with van der Waals surface area (Å²) in [6, 6.07) is 0.444. The molecular weight excluding hydrogens is 206 g/mol. The smallest absolute Gasteiger partial charge is 0.312 e. The van der Waals surface area contributed by atoms with E-state index < -0.39 is 0 Å². The van der Waals surface area contributed by atoms with Gasteiger partial charge in [0.05, 0.1) is 0 Å². The second-order valence-electron chi connectivity index (χ2n) is 4.03. The van der Waals surface area contributed by atoms with Gasteiger partial charge in [0.1, 0.15) is 0 Å². The molecule has 90 valence electrons. The molecule has 5 nitrogen and oxygen atoms in total. The summed E-state index contributed by atoms with van der Waals surface area (Å²) in [6.07, 6.45) is 2.65. The summed E-state index contributed by atoms with van der Waals surface area (Å²) < 4.78 is 1.52. The van der Waals surface area contributed by atoms with Crippen molar-refractivity contribution in [1.29, 1.82) is 0 Å². The van der Waals surface area contributed by atoms with Crippen LogP contribution < -0.4 is 16.6 Å². The van der Waals surface area contributed by atoms with E-state index in [0.29, 0.717) is 18.2 Å². The van der Waals surface area contributed by atoms with Gasteiger partial charge < -0.3 is 5.32 Å². The summed E-state index contributed by atoms with van der Waals surface area (Å²) in [5.41, 5.74) is -0.0965. The standard InChI is InChI=1S/C11H19N3O2/c1-4-9(3)12-5-6-14-7-8(2)10(15)13-11(14)16/h7,9,12H,4-6H2,1-3H3,(H,13,15,16). The molecule has 0 aromatic carbocycles. The molecule has 0 fully saturated rings. The van der Waals surface area contributed by atoms with Gasteiger partial charge in [-0.25, -0.2) is 4.79 Å². The SMILES string of the molecule is CCC(C)NCCn1cc(C)c(=O)[nH]c1=O. The highest BCUT2D eigenvalue weighted by Crippen LogP contribution is 1.88. The normalized spacial score (nSPS) is 12.7.